The summed E-state index contributed by atoms with van der Waals surface area (Å²) in [6.07, 6.45) is 1.08. The van der Waals surface area contributed by atoms with E-state index < -0.39 is 5.97 Å². The molecule has 0 aliphatic carbocycles. The van der Waals surface area contributed by atoms with Crippen LogP contribution in [0.3, 0.4) is 0 Å². The standard InChI is InChI=1S/C16H18N4O4/c1-11-10-24-14(12-5-3-2-4-6-12)8-20(11)15(21)9-19-7-13(16(22)23)17-18-19/h2-7,11,14H,8-10H2,1H3,(H,22,23). The van der Waals surface area contributed by atoms with Crippen LogP contribution in [0.15, 0.2) is 36.5 Å². The number of rotatable bonds is 4. The number of hydrogen-bond donors (Lipinski definition) is 1. The van der Waals surface area contributed by atoms with Crippen molar-refractivity contribution in [2.45, 2.75) is 25.6 Å². The molecule has 1 N–H and O–H groups in total. The molecule has 2 unspecified atom stereocenters. The van der Waals surface area contributed by atoms with E-state index in [9.17, 15) is 9.59 Å². The van der Waals surface area contributed by atoms with Crippen LogP contribution in [0.2, 0.25) is 0 Å². The van der Waals surface area contributed by atoms with Crippen LogP contribution in [-0.4, -0.2) is 56.1 Å². The van der Waals surface area contributed by atoms with Gasteiger partial charge in [0.25, 0.3) is 0 Å². The smallest absolute Gasteiger partial charge is 0.358 e. The number of aromatic nitrogens is 3. The lowest BCUT2D eigenvalue weighted by Gasteiger charge is -2.38. The number of carbonyl (C=O) groups excluding carboxylic acids is 1. The zero-order valence-electron chi connectivity index (χ0n) is 13.2. The number of nitrogens with zero attached hydrogens (tertiary/aromatic N) is 4. The van der Waals surface area contributed by atoms with Crippen molar-refractivity contribution in [1.29, 1.82) is 0 Å². The largest absolute Gasteiger partial charge is 0.476 e. The van der Waals surface area contributed by atoms with Crippen molar-refractivity contribution in [2.75, 3.05) is 13.2 Å². The van der Waals surface area contributed by atoms with E-state index in [4.69, 9.17) is 9.84 Å². The molecule has 2 heterocycles. The van der Waals surface area contributed by atoms with Gasteiger partial charge in [-0.25, -0.2) is 9.48 Å². The maximum atomic E-state index is 12.6. The van der Waals surface area contributed by atoms with Gasteiger partial charge in [0.1, 0.15) is 12.6 Å². The van der Waals surface area contributed by atoms with Gasteiger partial charge >= 0.3 is 5.97 Å². The van der Waals surface area contributed by atoms with E-state index in [0.717, 1.165) is 5.56 Å². The summed E-state index contributed by atoms with van der Waals surface area (Å²) >= 11 is 0. The quantitative estimate of drug-likeness (QED) is 0.897. The highest BCUT2D eigenvalue weighted by Gasteiger charge is 2.30. The zero-order chi connectivity index (χ0) is 17.1. The third-order valence-corrected chi connectivity index (χ3v) is 3.98. The molecule has 2 atom stereocenters. The third kappa shape index (κ3) is 3.43. The van der Waals surface area contributed by atoms with Gasteiger partial charge in [-0.2, -0.15) is 0 Å². The van der Waals surface area contributed by atoms with Gasteiger partial charge in [-0.15, -0.1) is 5.10 Å². The SMILES string of the molecule is CC1COC(c2ccccc2)CN1C(=O)Cn1cc(C(=O)O)nn1. The van der Waals surface area contributed by atoms with Gasteiger partial charge in [0.2, 0.25) is 5.91 Å². The second-order valence-electron chi connectivity index (χ2n) is 5.73. The van der Waals surface area contributed by atoms with Gasteiger partial charge < -0.3 is 14.7 Å². The molecule has 1 aliphatic heterocycles. The number of ether oxygens (including phenoxy) is 1. The molecule has 0 bridgehead atoms. The number of morpholine rings is 1. The minimum Gasteiger partial charge on any atom is -0.476 e. The van der Waals surface area contributed by atoms with Gasteiger partial charge in [0.05, 0.1) is 25.4 Å². The third-order valence-electron chi connectivity index (χ3n) is 3.98. The molecule has 8 nitrogen and oxygen atoms in total. The van der Waals surface area contributed by atoms with Crippen molar-refractivity contribution < 1.29 is 19.4 Å². The monoisotopic (exact) mass is 330 g/mol. The van der Waals surface area contributed by atoms with E-state index in [1.807, 2.05) is 37.3 Å². The molecule has 1 aromatic heterocycles. The Morgan fingerprint density at radius 1 is 1.33 bits per heavy atom. The fraction of sp³-hybridized carbons (Fsp3) is 0.375. The predicted molar refractivity (Wildman–Crippen MR) is 83.3 cm³/mol. The highest BCUT2D eigenvalue weighted by Crippen LogP contribution is 2.24. The van der Waals surface area contributed by atoms with E-state index >= 15 is 0 Å². The fourth-order valence-corrected chi connectivity index (χ4v) is 2.68. The Morgan fingerprint density at radius 3 is 2.75 bits per heavy atom. The minimum absolute atomic E-state index is 0.0495. The number of benzene rings is 1. The average Bonchev–Trinajstić information content (AvgIpc) is 3.05. The Bertz CT molecular complexity index is 731. The summed E-state index contributed by atoms with van der Waals surface area (Å²) in [5, 5.41) is 16.1. The number of hydrogen-bond acceptors (Lipinski definition) is 5. The summed E-state index contributed by atoms with van der Waals surface area (Å²) in [6.45, 7) is 2.77. The second kappa shape index (κ2) is 6.79. The molecule has 8 heteroatoms. The zero-order valence-corrected chi connectivity index (χ0v) is 13.2. The maximum absolute atomic E-state index is 12.6. The number of amides is 1. The van der Waals surface area contributed by atoms with Crippen LogP contribution in [0.4, 0.5) is 0 Å². The molecule has 0 spiro atoms. The molecule has 0 radical (unpaired) electrons. The van der Waals surface area contributed by atoms with Gasteiger partial charge in [0.15, 0.2) is 5.69 Å². The lowest BCUT2D eigenvalue weighted by molar-refractivity contribution is -0.145. The first-order valence-electron chi connectivity index (χ1n) is 7.64. The van der Waals surface area contributed by atoms with Crippen molar-refractivity contribution in [3.63, 3.8) is 0 Å². The van der Waals surface area contributed by atoms with Crippen molar-refractivity contribution >= 4 is 11.9 Å². The summed E-state index contributed by atoms with van der Waals surface area (Å²) in [7, 11) is 0. The molecule has 0 saturated carbocycles. The first-order chi connectivity index (χ1) is 11.5. The molecular weight excluding hydrogens is 312 g/mol. The van der Waals surface area contributed by atoms with Gasteiger partial charge in [-0.05, 0) is 12.5 Å². The van der Waals surface area contributed by atoms with Crippen LogP contribution in [0, 0.1) is 0 Å². The van der Waals surface area contributed by atoms with E-state index in [2.05, 4.69) is 10.3 Å². The van der Waals surface area contributed by atoms with Crippen molar-refractivity contribution in [2.24, 2.45) is 0 Å². The molecule has 1 aliphatic rings. The number of carboxylic acid groups (broad SMARTS) is 1. The Morgan fingerprint density at radius 2 is 2.08 bits per heavy atom. The Hall–Kier alpha value is -2.74. The minimum atomic E-state index is -1.17. The topological polar surface area (TPSA) is 97.5 Å². The number of aromatic carboxylic acids is 1. The number of carboxylic acids is 1. The lowest BCUT2D eigenvalue weighted by Crippen LogP contribution is -2.49. The van der Waals surface area contributed by atoms with Gasteiger partial charge in [0, 0.05) is 0 Å². The van der Waals surface area contributed by atoms with Gasteiger partial charge in [-0.1, -0.05) is 35.5 Å². The molecule has 126 valence electrons. The fourth-order valence-electron chi connectivity index (χ4n) is 2.68. The van der Waals surface area contributed by atoms with Crippen LogP contribution in [-0.2, 0) is 16.1 Å². The molecule has 24 heavy (non-hydrogen) atoms. The van der Waals surface area contributed by atoms with Crippen LogP contribution in [0.1, 0.15) is 29.1 Å². The molecule has 3 rings (SSSR count). The molecule has 1 aromatic carbocycles. The highest BCUT2D eigenvalue weighted by atomic mass is 16.5. The van der Waals surface area contributed by atoms with Crippen LogP contribution >= 0.6 is 0 Å². The van der Waals surface area contributed by atoms with Crippen molar-refractivity contribution in [3.8, 4) is 0 Å². The molecule has 2 aromatic rings. The molecule has 1 fully saturated rings. The molecular formula is C16H18N4O4. The van der Waals surface area contributed by atoms with Crippen LogP contribution in [0.25, 0.3) is 0 Å². The summed E-state index contributed by atoms with van der Waals surface area (Å²) in [5.74, 6) is -1.31. The van der Waals surface area contributed by atoms with E-state index in [-0.39, 0.29) is 30.3 Å². The average molecular weight is 330 g/mol. The van der Waals surface area contributed by atoms with Crippen molar-refractivity contribution in [1.82, 2.24) is 19.9 Å². The lowest BCUT2D eigenvalue weighted by atomic mass is 10.1. The van der Waals surface area contributed by atoms with Crippen LogP contribution < -0.4 is 0 Å². The van der Waals surface area contributed by atoms with Crippen LogP contribution in [0.5, 0.6) is 0 Å². The Labute approximate surface area is 138 Å². The summed E-state index contributed by atoms with van der Waals surface area (Å²) < 4.78 is 7.08. The van der Waals surface area contributed by atoms with E-state index in [0.29, 0.717) is 13.2 Å². The first kappa shape index (κ1) is 16.1. The predicted octanol–water partition coefficient (Wildman–Crippen LogP) is 0.965. The highest BCUT2D eigenvalue weighted by molar-refractivity contribution is 5.84. The second-order valence-corrected chi connectivity index (χ2v) is 5.73. The maximum Gasteiger partial charge on any atom is 0.358 e. The summed E-state index contributed by atoms with van der Waals surface area (Å²) in [5.41, 5.74) is 0.844. The van der Waals surface area contributed by atoms with E-state index in [1.165, 1.54) is 10.9 Å². The van der Waals surface area contributed by atoms with Gasteiger partial charge in [-0.3, -0.25) is 4.79 Å². The molecule has 1 saturated heterocycles. The van der Waals surface area contributed by atoms with Crippen molar-refractivity contribution in [3.05, 3.63) is 47.8 Å². The Balaban J connectivity index is 1.69. The number of carbonyl (C=O) groups is 2. The first-order valence-corrected chi connectivity index (χ1v) is 7.64. The summed E-state index contributed by atoms with van der Waals surface area (Å²) in [4.78, 5) is 25.1. The Kier molecular flexibility index (Phi) is 4.57. The molecule has 1 amide bonds. The normalized spacial score (nSPS) is 20.8. The van der Waals surface area contributed by atoms with E-state index in [1.54, 1.807) is 4.90 Å². The summed E-state index contributed by atoms with van der Waals surface area (Å²) in [6, 6.07) is 9.69.